The first kappa shape index (κ1) is 18.7. The van der Waals surface area contributed by atoms with E-state index in [-0.39, 0.29) is 24.9 Å². The minimum Gasteiger partial charge on any atom is -0.496 e. The summed E-state index contributed by atoms with van der Waals surface area (Å²) in [7, 11) is 3.32. The Bertz CT molecular complexity index is 1130. The summed E-state index contributed by atoms with van der Waals surface area (Å²) in [6.45, 7) is 0.895. The fraction of sp³-hybridized carbons (Fsp3) is 0.318. The third-order valence-electron chi connectivity index (χ3n) is 6.05. The van der Waals surface area contributed by atoms with E-state index in [1.165, 1.54) is 6.33 Å². The van der Waals surface area contributed by atoms with Crippen molar-refractivity contribution in [1.29, 1.82) is 0 Å². The highest BCUT2D eigenvalue weighted by molar-refractivity contribution is 6.10. The molecule has 2 aromatic carbocycles. The molecule has 1 amide bonds. The Labute approximate surface area is 173 Å². The maximum absolute atomic E-state index is 15.6. The largest absolute Gasteiger partial charge is 0.496 e. The Hall–Kier alpha value is -3.26. The quantitative estimate of drug-likeness (QED) is 0.649. The Balaban J connectivity index is 1.51. The second-order valence-electron chi connectivity index (χ2n) is 7.74. The smallest absolute Gasteiger partial charge is 0.259 e. The number of amides is 1. The monoisotopic (exact) mass is 408 g/mol. The number of alkyl halides is 1. The molecule has 3 aromatic rings. The average Bonchev–Trinajstić information content (AvgIpc) is 3.30. The fourth-order valence-electron chi connectivity index (χ4n) is 4.24. The van der Waals surface area contributed by atoms with Gasteiger partial charge in [0.2, 0.25) is 0 Å². The van der Waals surface area contributed by atoms with Crippen molar-refractivity contribution in [3.63, 3.8) is 0 Å². The Kier molecular flexibility index (Phi) is 4.32. The van der Waals surface area contributed by atoms with Crippen LogP contribution in [0.25, 0.3) is 0 Å². The predicted octanol–water partition coefficient (Wildman–Crippen LogP) is 2.96. The predicted molar refractivity (Wildman–Crippen MR) is 107 cm³/mol. The summed E-state index contributed by atoms with van der Waals surface area (Å²) in [5.74, 6) is 0.859. The first-order valence-corrected chi connectivity index (χ1v) is 9.69. The number of hydrogen-bond donors (Lipinski definition) is 0. The van der Waals surface area contributed by atoms with E-state index in [1.54, 1.807) is 29.7 Å². The van der Waals surface area contributed by atoms with E-state index in [4.69, 9.17) is 9.47 Å². The van der Waals surface area contributed by atoms with Crippen molar-refractivity contribution in [3.8, 4) is 5.75 Å². The van der Waals surface area contributed by atoms with Gasteiger partial charge in [-0.05, 0) is 29.8 Å². The van der Waals surface area contributed by atoms with Crippen molar-refractivity contribution in [3.05, 3.63) is 71.3 Å². The van der Waals surface area contributed by atoms with Crippen molar-refractivity contribution in [2.75, 3.05) is 25.2 Å². The van der Waals surface area contributed by atoms with Crippen molar-refractivity contribution in [2.24, 2.45) is 7.05 Å². The second kappa shape index (κ2) is 6.91. The lowest BCUT2D eigenvalue weighted by molar-refractivity contribution is -0.102. The van der Waals surface area contributed by atoms with Gasteiger partial charge in [-0.15, -0.1) is 10.2 Å². The third-order valence-corrected chi connectivity index (χ3v) is 6.05. The van der Waals surface area contributed by atoms with Crippen molar-refractivity contribution < 1.29 is 18.7 Å². The number of methoxy groups -OCH3 is 1. The van der Waals surface area contributed by atoms with Crippen LogP contribution >= 0.6 is 0 Å². The number of benzene rings is 2. The number of carbonyl (C=O) groups excluding carboxylic acids is 1. The Morgan fingerprint density at radius 1 is 1.23 bits per heavy atom. The third kappa shape index (κ3) is 2.64. The molecule has 0 bridgehead atoms. The van der Waals surface area contributed by atoms with Crippen LogP contribution in [0.5, 0.6) is 5.75 Å². The van der Waals surface area contributed by atoms with Gasteiger partial charge in [0.25, 0.3) is 5.91 Å². The molecule has 0 spiro atoms. The van der Waals surface area contributed by atoms with Crippen molar-refractivity contribution in [2.45, 2.75) is 18.1 Å². The van der Waals surface area contributed by atoms with Crippen LogP contribution in [0.15, 0.2) is 48.8 Å². The van der Waals surface area contributed by atoms with Gasteiger partial charge >= 0.3 is 0 Å². The number of anilines is 1. The molecule has 30 heavy (non-hydrogen) atoms. The van der Waals surface area contributed by atoms with E-state index in [9.17, 15) is 4.79 Å². The summed E-state index contributed by atoms with van der Waals surface area (Å²) in [6, 6.07) is 12.9. The van der Waals surface area contributed by atoms with Crippen LogP contribution in [0.1, 0.15) is 33.5 Å². The zero-order valence-electron chi connectivity index (χ0n) is 16.7. The minimum atomic E-state index is -1.37. The number of aromatic nitrogens is 3. The molecule has 1 fully saturated rings. The fourth-order valence-corrected chi connectivity index (χ4v) is 4.24. The van der Waals surface area contributed by atoms with Crippen LogP contribution in [-0.4, -0.2) is 41.0 Å². The first-order chi connectivity index (χ1) is 14.5. The summed E-state index contributed by atoms with van der Waals surface area (Å²) in [4.78, 5) is 14.7. The Morgan fingerprint density at radius 3 is 2.70 bits per heavy atom. The van der Waals surface area contributed by atoms with E-state index < -0.39 is 11.6 Å². The summed E-state index contributed by atoms with van der Waals surface area (Å²) in [5, 5.41) is 7.76. The molecular weight excluding hydrogens is 387 g/mol. The highest BCUT2D eigenvalue weighted by Crippen LogP contribution is 2.46. The second-order valence-corrected chi connectivity index (χ2v) is 7.74. The van der Waals surface area contributed by atoms with Crippen molar-refractivity contribution in [1.82, 2.24) is 14.8 Å². The van der Waals surface area contributed by atoms with Gasteiger partial charge < -0.3 is 18.9 Å². The van der Waals surface area contributed by atoms with E-state index in [0.29, 0.717) is 23.5 Å². The van der Waals surface area contributed by atoms with E-state index >= 15 is 4.39 Å². The molecule has 2 aliphatic heterocycles. The topological polar surface area (TPSA) is 69.5 Å². The molecule has 0 radical (unpaired) electrons. The lowest BCUT2D eigenvalue weighted by Gasteiger charge is -2.43. The van der Waals surface area contributed by atoms with Crippen LogP contribution in [0, 0.1) is 0 Å². The van der Waals surface area contributed by atoms with Crippen LogP contribution in [0.2, 0.25) is 0 Å². The zero-order valence-corrected chi connectivity index (χ0v) is 16.7. The molecule has 0 N–H and O–H groups in total. The molecule has 2 aliphatic rings. The minimum absolute atomic E-state index is 0.0925. The molecular formula is C22H21FN4O3. The van der Waals surface area contributed by atoms with Crippen LogP contribution < -0.4 is 9.64 Å². The molecule has 0 saturated carbocycles. The summed E-state index contributed by atoms with van der Waals surface area (Å²) in [6.07, 6.45) is 0.111. The molecule has 5 rings (SSSR count). The molecule has 1 atom stereocenters. The van der Waals surface area contributed by atoms with E-state index in [2.05, 4.69) is 10.2 Å². The van der Waals surface area contributed by atoms with Gasteiger partial charge in [-0.25, -0.2) is 4.39 Å². The van der Waals surface area contributed by atoms with Gasteiger partial charge in [0.05, 0.1) is 32.3 Å². The van der Waals surface area contributed by atoms with Gasteiger partial charge in [-0.2, -0.15) is 0 Å². The molecule has 3 heterocycles. The van der Waals surface area contributed by atoms with Gasteiger partial charge in [0, 0.05) is 23.9 Å². The summed E-state index contributed by atoms with van der Waals surface area (Å²) >= 11 is 0. The lowest BCUT2D eigenvalue weighted by Crippen LogP contribution is -2.50. The van der Waals surface area contributed by atoms with Gasteiger partial charge in [0.15, 0.2) is 12.0 Å². The normalized spacial score (nSPS) is 18.1. The van der Waals surface area contributed by atoms with Gasteiger partial charge in [-0.1, -0.05) is 18.2 Å². The standard InChI is InChI=1S/C22H21FN4O3/c1-26-13-24-25-20(26)19(23)22(11-30-12-22)14-5-3-6-15(9-14)27-10-17-16(21(27)28)7-4-8-18(17)29-2/h3-9,13,19H,10-12H2,1-2H3/t19-/m0/s1. The van der Waals surface area contributed by atoms with Gasteiger partial charge in [0.1, 0.15) is 12.1 Å². The van der Waals surface area contributed by atoms with Crippen LogP contribution in [0.4, 0.5) is 10.1 Å². The zero-order chi connectivity index (χ0) is 20.9. The SMILES string of the molecule is COc1cccc2c1CN(c1cccc(C3([C@@H](F)c4nncn4C)COC3)c1)C2=O. The average molecular weight is 408 g/mol. The number of fused-ring (bicyclic) bond motifs is 1. The van der Waals surface area contributed by atoms with Crippen LogP contribution in [-0.2, 0) is 23.7 Å². The van der Waals surface area contributed by atoms with Gasteiger partial charge in [-0.3, -0.25) is 4.79 Å². The molecule has 0 aliphatic carbocycles. The number of hydrogen-bond acceptors (Lipinski definition) is 5. The molecule has 1 aromatic heterocycles. The molecule has 7 nitrogen and oxygen atoms in total. The number of halogens is 1. The molecule has 154 valence electrons. The highest BCUT2D eigenvalue weighted by atomic mass is 19.1. The number of nitrogens with zero attached hydrogens (tertiary/aromatic N) is 4. The molecule has 8 heteroatoms. The number of rotatable bonds is 5. The maximum atomic E-state index is 15.6. The number of ether oxygens (including phenoxy) is 2. The first-order valence-electron chi connectivity index (χ1n) is 9.69. The number of carbonyl (C=O) groups is 1. The summed E-state index contributed by atoms with van der Waals surface area (Å²) in [5.41, 5.74) is 2.12. The molecule has 0 unspecified atom stereocenters. The lowest BCUT2D eigenvalue weighted by atomic mass is 9.74. The Morgan fingerprint density at radius 2 is 2.03 bits per heavy atom. The van der Waals surface area contributed by atoms with Crippen LogP contribution in [0.3, 0.4) is 0 Å². The maximum Gasteiger partial charge on any atom is 0.259 e. The number of aryl methyl sites for hydroxylation is 1. The van der Waals surface area contributed by atoms with E-state index in [1.807, 2.05) is 36.4 Å². The van der Waals surface area contributed by atoms with Crippen molar-refractivity contribution >= 4 is 11.6 Å². The highest BCUT2D eigenvalue weighted by Gasteiger charge is 2.50. The summed E-state index contributed by atoms with van der Waals surface area (Å²) < 4.78 is 28.0. The van der Waals surface area contributed by atoms with E-state index in [0.717, 1.165) is 11.1 Å². The molecule has 1 saturated heterocycles.